The summed E-state index contributed by atoms with van der Waals surface area (Å²) in [5.41, 5.74) is -0.887. The second-order valence-corrected chi connectivity index (χ2v) is 14.8. The fraction of sp³-hybridized carbons (Fsp3) is 0.854. The number of aliphatic hydroxyl groups excluding tert-OH is 2. The van der Waals surface area contributed by atoms with Crippen LogP contribution in [0.3, 0.4) is 0 Å². The number of ketones is 2. The van der Waals surface area contributed by atoms with E-state index >= 15 is 0 Å². The van der Waals surface area contributed by atoms with Crippen LogP contribution in [0, 0.1) is 16.7 Å². The number of carbonyl (C=O) groups excluding carboxylic acids is 6. The summed E-state index contributed by atoms with van der Waals surface area (Å²) in [4.78, 5) is 69.8. The lowest BCUT2D eigenvalue weighted by Crippen LogP contribution is -2.28. The van der Waals surface area contributed by atoms with Gasteiger partial charge in [0.25, 0.3) is 0 Å². The van der Waals surface area contributed by atoms with Gasteiger partial charge in [-0.15, -0.1) is 0 Å². The average molecular weight is 842 g/mol. The first-order valence-electron chi connectivity index (χ1n) is 19.5. The van der Waals surface area contributed by atoms with Crippen molar-refractivity contribution in [2.75, 3.05) is 45.0 Å². The lowest BCUT2D eigenvalue weighted by molar-refractivity contribution is -0.154. The highest BCUT2D eigenvalue weighted by Gasteiger charge is 2.31. The zero-order chi connectivity index (χ0) is 41.1. The fourth-order valence-electron chi connectivity index (χ4n) is 4.92. The number of ether oxygens (including phenoxy) is 4. The van der Waals surface area contributed by atoms with Gasteiger partial charge in [0.05, 0.1) is 37.3 Å². The van der Waals surface area contributed by atoms with E-state index in [4.69, 9.17) is 24.4 Å². The number of rotatable bonds is 29. The van der Waals surface area contributed by atoms with E-state index < -0.39 is 23.3 Å². The maximum atomic E-state index is 12.4. The molecule has 0 bridgehead atoms. The van der Waals surface area contributed by atoms with Crippen LogP contribution in [0.4, 0.5) is 0 Å². The van der Waals surface area contributed by atoms with Crippen molar-refractivity contribution in [1.29, 1.82) is 0 Å². The molecule has 0 radical (unpaired) electrons. The third-order valence-electron chi connectivity index (χ3n) is 8.19. The summed E-state index contributed by atoms with van der Waals surface area (Å²) >= 11 is 3.37. The van der Waals surface area contributed by atoms with Crippen molar-refractivity contribution in [2.45, 2.75) is 166 Å². The van der Waals surface area contributed by atoms with Crippen LogP contribution in [0.15, 0.2) is 0 Å². The Hall–Kier alpha value is -2.38. The summed E-state index contributed by atoms with van der Waals surface area (Å²) in [6.07, 6.45) is 10.6. The lowest BCUT2D eigenvalue weighted by atomic mass is 9.85. The average Bonchev–Trinajstić information content (AvgIpc) is 3.09. The second kappa shape index (κ2) is 37.5. The number of hydrogen-bond acceptors (Lipinski definition) is 12. The highest BCUT2D eigenvalue weighted by atomic mass is 79.9. The number of hydrogen-bond donors (Lipinski definition) is 2. The van der Waals surface area contributed by atoms with E-state index in [-0.39, 0.29) is 62.6 Å². The molecule has 0 aliphatic carbocycles. The largest absolute Gasteiger partial charge is 0.466 e. The van der Waals surface area contributed by atoms with E-state index in [9.17, 15) is 28.8 Å². The first kappa shape index (κ1) is 58.3. The van der Waals surface area contributed by atoms with Crippen LogP contribution in [0.2, 0.25) is 0 Å². The summed E-state index contributed by atoms with van der Waals surface area (Å²) in [6.45, 7) is 16.3. The molecule has 0 aliphatic heterocycles. The fourth-order valence-corrected chi connectivity index (χ4v) is 5.32. The first-order valence-corrected chi connectivity index (χ1v) is 20.7. The Bertz CT molecular complexity index is 997. The Balaban J connectivity index is -0.000000378. The van der Waals surface area contributed by atoms with Gasteiger partial charge >= 0.3 is 23.9 Å². The van der Waals surface area contributed by atoms with E-state index in [1.54, 1.807) is 20.8 Å². The normalized spacial score (nSPS) is 11.3. The first-order chi connectivity index (χ1) is 25.0. The minimum absolute atomic E-state index is 0. The molecule has 0 spiro atoms. The van der Waals surface area contributed by atoms with Gasteiger partial charge in [0.2, 0.25) is 0 Å². The van der Waals surface area contributed by atoms with Gasteiger partial charge in [0.1, 0.15) is 23.9 Å². The van der Waals surface area contributed by atoms with Crippen LogP contribution in [0.1, 0.15) is 166 Å². The van der Waals surface area contributed by atoms with E-state index in [0.29, 0.717) is 71.2 Å². The van der Waals surface area contributed by atoms with Gasteiger partial charge in [-0.1, -0.05) is 55.5 Å². The molecule has 0 saturated carbocycles. The summed E-state index contributed by atoms with van der Waals surface area (Å²) in [7, 11) is 0. The Kier molecular flexibility index (Phi) is 40.5. The number of unbranched alkanes of at least 4 members (excludes halogenated alkanes) is 6. The molecule has 0 aliphatic rings. The van der Waals surface area contributed by atoms with Gasteiger partial charge in [-0.05, 0) is 107 Å². The Morgan fingerprint density at radius 2 is 1.02 bits per heavy atom. The third kappa shape index (κ3) is 33.0. The van der Waals surface area contributed by atoms with Crippen LogP contribution in [0.5, 0.6) is 0 Å². The maximum absolute atomic E-state index is 12.4. The Morgan fingerprint density at radius 3 is 1.44 bits per heavy atom. The van der Waals surface area contributed by atoms with Crippen molar-refractivity contribution in [1.82, 2.24) is 0 Å². The molecule has 12 nitrogen and oxygen atoms in total. The number of halogens is 1. The van der Waals surface area contributed by atoms with Crippen LogP contribution < -0.4 is 0 Å². The minimum Gasteiger partial charge on any atom is -0.466 e. The SMILES string of the molecule is C.CCOC(=O)C(C)(C)CCCCBr.CCOC(=O)C(CCCCC(C)(C)C(=O)OCC)C(=O)CCCCCO.CCOC(=O)CC(=O)CCCCCO. The molecule has 320 valence electrons. The van der Waals surface area contributed by atoms with Gasteiger partial charge in [-0.2, -0.15) is 0 Å². The number of Topliss-reactive ketones (excluding diaryl/α,β-unsaturated/α-hetero) is 2. The maximum Gasteiger partial charge on any atom is 0.316 e. The lowest BCUT2D eigenvalue weighted by Gasteiger charge is -2.22. The summed E-state index contributed by atoms with van der Waals surface area (Å²) in [5, 5.41) is 18.3. The quantitative estimate of drug-likeness (QED) is 0.0242. The topological polar surface area (TPSA) is 180 Å². The summed E-state index contributed by atoms with van der Waals surface area (Å²) < 4.78 is 19.7. The molecular weight excluding hydrogens is 764 g/mol. The van der Waals surface area contributed by atoms with Crippen LogP contribution in [-0.2, 0) is 47.7 Å². The Morgan fingerprint density at radius 1 is 0.574 bits per heavy atom. The van der Waals surface area contributed by atoms with Crippen molar-refractivity contribution >= 4 is 51.4 Å². The zero-order valence-electron chi connectivity index (χ0n) is 34.2. The molecule has 0 rings (SSSR count). The second-order valence-electron chi connectivity index (χ2n) is 14.0. The molecule has 0 aromatic heterocycles. The molecule has 0 amide bonds. The Labute approximate surface area is 335 Å². The van der Waals surface area contributed by atoms with E-state index in [1.807, 2.05) is 34.6 Å². The van der Waals surface area contributed by atoms with E-state index in [2.05, 4.69) is 20.7 Å². The van der Waals surface area contributed by atoms with Crippen LogP contribution >= 0.6 is 15.9 Å². The molecule has 0 fully saturated rings. The van der Waals surface area contributed by atoms with Gasteiger partial charge in [0, 0.05) is 31.4 Å². The van der Waals surface area contributed by atoms with Gasteiger partial charge < -0.3 is 29.2 Å². The van der Waals surface area contributed by atoms with Crippen molar-refractivity contribution < 1.29 is 57.9 Å². The molecule has 0 aromatic carbocycles. The van der Waals surface area contributed by atoms with Crippen LogP contribution in [-0.4, -0.2) is 90.6 Å². The predicted octanol–water partition coefficient (Wildman–Crippen LogP) is 8.28. The van der Waals surface area contributed by atoms with Gasteiger partial charge in [0.15, 0.2) is 0 Å². The molecule has 0 saturated heterocycles. The molecule has 13 heteroatoms. The smallest absolute Gasteiger partial charge is 0.316 e. The van der Waals surface area contributed by atoms with Crippen molar-refractivity contribution in [2.24, 2.45) is 16.7 Å². The van der Waals surface area contributed by atoms with Crippen molar-refractivity contribution in [3.05, 3.63) is 0 Å². The van der Waals surface area contributed by atoms with Crippen molar-refractivity contribution in [3.8, 4) is 0 Å². The number of alkyl halides is 1. The van der Waals surface area contributed by atoms with Crippen LogP contribution in [0.25, 0.3) is 0 Å². The third-order valence-corrected chi connectivity index (χ3v) is 8.75. The summed E-state index contributed by atoms with van der Waals surface area (Å²) in [5.74, 6) is -2.10. The molecule has 1 unspecified atom stereocenters. The van der Waals surface area contributed by atoms with Crippen molar-refractivity contribution in [3.63, 3.8) is 0 Å². The molecule has 54 heavy (non-hydrogen) atoms. The molecular formula is C41H77BrO12. The molecule has 0 aromatic rings. The number of aliphatic hydroxyl groups is 2. The monoisotopic (exact) mass is 840 g/mol. The standard InChI is InChI=1S/C20H36O6.C10H19BrO2.C10H18O4.CH4/c1-5-25-18(23)16(17(22)13-8-7-11-15-21)12-9-10-14-20(3,4)19(24)26-6-2;1-4-13-9(12)10(2,3)7-5-6-8-11;1-2-14-10(13)8-9(12)6-4-3-5-7-11;/h16,21H,5-15H2,1-4H3;4-8H2,1-3H3;11H,2-8H2,1H3;1H4. The van der Waals surface area contributed by atoms with E-state index in [1.165, 1.54) is 0 Å². The molecule has 1 atom stereocenters. The highest BCUT2D eigenvalue weighted by molar-refractivity contribution is 9.09. The number of esters is 4. The number of carbonyl (C=O) groups is 6. The van der Waals surface area contributed by atoms with Gasteiger partial charge in [-0.25, -0.2) is 0 Å². The predicted molar refractivity (Wildman–Crippen MR) is 216 cm³/mol. The molecule has 0 heterocycles. The minimum atomic E-state index is -0.727. The molecule has 2 N–H and O–H groups in total. The van der Waals surface area contributed by atoms with Gasteiger partial charge in [-0.3, -0.25) is 28.8 Å². The zero-order valence-corrected chi connectivity index (χ0v) is 35.8. The summed E-state index contributed by atoms with van der Waals surface area (Å²) in [6, 6.07) is 0. The van der Waals surface area contributed by atoms with E-state index in [0.717, 1.165) is 50.3 Å². The highest BCUT2D eigenvalue weighted by Crippen LogP contribution is 2.27.